The Labute approximate surface area is 143 Å². The summed E-state index contributed by atoms with van der Waals surface area (Å²) in [6.45, 7) is 12.9. The molecule has 1 aliphatic rings. The van der Waals surface area contributed by atoms with Gasteiger partial charge in [0.1, 0.15) is 11.3 Å². The first kappa shape index (κ1) is 18.5. The molecule has 0 aromatic carbocycles. The average molecular weight is 336 g/mol. The number of carbonyl (C=O) groups is 2. The number of aromatic nitrogens is 1. The molecule has 6 heteroatoms. The molecule has 1 amide bonds. The number of hydrogen-bond donors (Lipinski definition) is 0. The van der Waals surface area contributed by atoms with Gasteiger partial charge in [-0.2, -0.15) is 0 Å². The van der Waals surface area contributed by atoms with Gasteiger partial charge in [0.05, 0.1) is 5.69 Å². The van der Waals surface area contributed by atoms with Crippen molar-refractivity contribution in [3.05, 3.63) is 17.0 Å². The topological polar surface area (TPSA) is 72.6 Å². The molecular formula is C18H28N2O4. The Balaban J connectivity index is 2.14. The van der Waals surface area contributed by atoms with Gasteiger partial charge in [0.2, 0.25) is 0 Å². The summed E-state index contributed by atoms with van der Waals surface area (Å²) in [4.78, 5) is 27.2. The highest BCUT2D eigenvalue weighted by molar-refractivity contribution is 5.94. The minimum Gasteiger partial charge on any atom is -0.448 e. The van der Waals surface area contributed by atoms with Crippen molar-refractivity contribution in [3.8, 4) is 0 Å². The smallest absolute Gasteiger partial charge is 0.344 e. The number of likely N-dealkylation sites (tertiary alicyclic amines) is 1. The minimum atomic E-state index is -0.788. The van der Waals surface area contributed by atoms with Crippen molar-refractivity contribution in [2.24, 2.45) is 17.8 Å². The second-order valence-electron chi connectivity index (χ2n) is 7.46. The Hall–Kier alpha value is -1.85. The molecule has 0 aliphatic carbocycles. The SMILES string of the molecule is Cc1noc(C)c1C(=O)O[C@@H](C(=O)N1C[C@H](C)C[C@H](C)C1)C(C)C. The highest BCUT2D eigenvalue weighted by Gasteiger charge is 2.35. The van der Waals surface area contributed by atoms with Gasteiger partial charge in [-0.1, -0.05) is 32.9 Å². The first-order valence-corrected chi connectivity index (χ1v) is 8.63. The van der Waals surface area contributed by atoms with Crippen molar-refractivity contribution in [3.63, 3.8) is 0 Å². The molecule has 134 valence electrons. The van der Waals surface area contributed by atoms with Crippen LogP contribution in [0.15, 0.2) is 4.52 Å². The van der Waals surface area contributed by atoms with Gasteiger partial charge in [-0.15, -0.1) is 0 Å². The maximum atomic E-state index is 12.9. The summed E-state index contributed by atoms with van der Waals surface area (Å²) >= 11 is 0. The van der Waals surface area contributed by atoms with E-state index in [4.69, 9.17) is 9.26 Å². The lowest BCUT2D eigenvalue weighted by atomic mass is 9.91. The maximum Gasteiger partial charge on any atom is 0.344 e. The molecule has 0 unspecified atom stereocenters. The van der Waals surface area contributed by atoms with E-state index in [0.717, 1.165) is 19.5 Å². The third-order valence-electron chi connectivity index (χ3n) is 4.50. The molecule has 0 saturated carbocycles. The molecule has 2 rings (SSSR count). The number of ether oxygens (including phenoxy) is 1. The molecule has 0 spiro atoms. The lowest BCUT2D eigenvalue weighted by Gasteiger charge is -2.37. The van der Waals surface area contributed by atoms with Crippen molar-refractivity contribution >= 4 is 11.9 Å². The first-order valence-electron chi connectivity index (χ1n) is 8.63. The van der Waals surface area contributed by atoms with E-state index in [1.807, 2.05) is 18.7 Å². The Morgan fingerprint density at radius 2 is 1.79 bits per heavy atom. The summed E-state index contributed by atoms with van der Waals surface area (Å²) in [5.41, 5.74) is 0.793. The van der Waals surface area contributed by atoms with Crippen molar-refractivity contribution in [2.75, 3.05) is 13.1 Å². The molecule has 0 bridgehead atoms. The van der Waals surface area contributed by atoms with Crippen LogP contribution in [0.1, 0.15) is 55.9 Å². The van der Waals surface area contributed by atoms with Gasteiger partial charge in [0.25, 0.3) is 5.91 Å². The van der Waals surface area contributed by atoms with E-state index in [9.17, 15) is 9.59 Å². The zero-order valence-corrected chi connectivity index (χ0v) is 15.5. The minimum absolute atomic E-state index is 0.102. The Bertz CT molecular complexity index is 579. The van der Waals surface area contributed by atoms with Gasteiger partial charge in [0, 0.05) is 13.1 Å². The third-order valence-corrected chi connectivity index (χ3v) is 4.50. The van der Waals surface area contributed by atoms with E-state index in [1.54, 1.807) is 13.8 Å². The van der Waals surface area contributed by atoms with Crippen molar-refractivity contribution < 1.29 is 18.8 Å². The van der Waals surface area contributed by atoms with E-state index in [-0.39, 0.29) is 11.8 Å². The molecule has 2 heterocycles. The first-order chi connectivity index (χ1) is 11.2. The highest BCUT2D eigenvalue weighted by atomic mass is 16.6. The molecule has 24 heavy (non-hydrogen) atoms. The van der Waals surface area contributed by atoms with Crippen LogP contribution in [0, 0.1) is 31.6 Å². The normalized spacial score (nSPS) is 22.5. The monoisotopic (exact) mass is 336 g/mol. The number of hydrogen-bond acceptors (Lipinski definition) is 5. The number of rotatable bonds is 4. The van der Waals surface area contributed by atoms with Crippen LogP contribution in [0.25, 0.3) is 0 Å². The van der Waals surface area contributed by atoms with Crippen LogP contribution in [0.2, 0.25) is 0 Å². The van der Waals surface area contributed by atoms with Gasteiger partial charge in [-0.05, 0) is 38.0 Å². The standard InChI is InChI=1S/C18H28N2O4/c1-10(2)16(17(21)20-8-11(3)7-12(4)9-20)23-18(22)15-13(5)19-24-14(15)6/h10-12,16H,7-9H2,1-6H3/t11-,12+,16-/m1/s1. The lowest BCUT2D eigenvalue weighted by Crippen LogP contribution is -2.49. The van der Waals surface area contributed by atoms with Gasteiger partial charge >= 0.3 is 5.97 Å². The second kappa shape index (κ2) is 7.36. The lowest BCUT2D eigenvalue weighted by molar-refractivity contribution is -0.145. The molecule has 0 radical (unpaired) electrons. The summed E-state index contributed by atoms with van der Waals surface area (Å²) in [6.07, 6.45) is 0.332. The van der Waals surface area contributed by atoms with Crippen molar-refractivity contribution in [1.82, 2.24) is 10.1 Å². The summed E-state index contributed by atoms with van der Waals surface area (Å²) in [5.74, 6) is 0.578. The average Bonchev–Trinajstić information content (AvgIpc) is 2.81. The Morgan fingerprint density at radius 1 is 1.21 bits per heavy atom. The van der Waals surface area contributed by atoms with Gasteiger partial charge < -0.3 is 14.2 Å². The highest BCUT2D eigenvalue weighted by Crippen LogP contribution is 2.24. The van der Waals surface area contributed by atoms with Gasteiger partial charge in [-0.3, -0.25) is 4.79 Å². The Kier molecular flexibility index (Phi) is 5.67. The number of amides is 1. The zero-order valence-electron chi connectivity index (χ0n) is 15.5. The molecule has 1 aliphatic heterocycles. The fraction of sp³-hybridized carbons (Fsp3) is 0.722. The van der Waals surface area contributed by atoms with Crippen LogP contribution in [0.3, 0.4) is 0 Å². The summed E-state index contributed by atoms with van der Waals surface area (Å²) < 4.78 is 10.6. The number of nitrogens with zero attached hydrogens (tertiary/aromatic N) is 2. The molecule has 1 aromatic rings. The molecule has 6 nitrogen and oxygen atoms in total. The summed E-state index contributed by atoms with van der Waals surface area (Å²) in [5, 5.41) is 3.77. The molecule has 1 fully saturated rings. The Morgan fingerprint density at radius 3 is 2.25 bits per heavy atom. The quantitative estimate of drug-likeness (QED) is 0.790. The van der Waals surface area contributed by atoms with Crippen molar-refractivity contribution in [1.29, 1.82) is 0 Å². The molecular weight excluding hydrogens is 308 g/mol. The van der Waals surface area contributed by atoms with Crippen LogP contribution < -0.4 is 0 Å². The molecule has 1 saturated heterocycles. The van der Waals surface area contributed by atoms with E-state index >= 15 is 0 Å². The van der Waals surface area contributed by atoms with Gasteiger partial charge in [0.15, 0.2) is 6.10 Å². The number of aryl methyl sites for hydroxylation is 2. The summed E-state index contributed by atoms with van der Waals surface area (Å²) in [6, 6.07) is 0. The summed E-state index contributed by atoms with van der Waals surface area (Å²) in [7, 11) is 0. The van der Waals surface area contributed by atoms with E-state index in [1.165, 1.54) is 0 Å². The number of piperidine rings is 1. The van der Waals surface area contributed by atoms with Crippen LogP contribution in [-0.4, -0.2) is 41.1 Å². The van der Waals surface area contributed by atoms with Crippen LogP contribution >= 0.6 is 0 Å². The van der Waals surface area contributed by atoms with E-state index in [0.29, 0.717) is 28.9 Å². The number of carbonyl (C=O) groups excluding carboxylic acids is 2. The van der Waals surface area contributed by atoms with Crippen molar-refractivity contribution in [2.45, 2.75) is 54.1 Å². The molecule has 0 N–H and O–H groups in total. The fourth-order valence-electron chi connectivity index (χ4n) is 3.44. The predicted octanol–water partition coefficient (Wildman–Crippen LogP) is 2.98. The maximum absolute atomic E-state index is 12.9. The molecule has 1 aromatic heterocycles. The largest absolute Gasteiger partial charge is 0.448 e. The third kappa shape index (κ3) is 3.97. The van der Waals surface area contributed by atoms with Crippen LogP contribution in [-0.2, 0) is 9.53 Å². The van der Waals surface area contributed by atoms with Crippen LogP contribution in [0.5, 0.6) is 0 Å². The number of esters is 1. The molecule has 3 atom stereocenters. The fourth-order valence-corrected chi connectivity index (χ4v) is 3.44. The second-order valence-corrected chi connectivity index (χ2v) is 7.46. The van der Waals surface area contributed by atoms with E-state index in [2.05, 4.69) is 19.0 Å². The zero-order chi connectivity index (χ0) is 18.0. The van der Waals surface area contributed by atoms with Gasteiger partial charge in [-0.25, -0.2) is 4.79 Å². The van der Waals surface area contributed by atoms with Crippen LogP contribution in [0.4, 0.5) is 0 Å². The predicted molar refractivity (Wildman–Crippen MR) is 89.5 cm³/mol. The van der Waals surface area contributed by atoms with E-state index < -0.39 is 12.1 Å².